The van der Waals surface area contributed by atoms with Crippen LogP contribution in [0, 0.1) is 0 Å². The zero-order valence-corrected chi connectivity index (χ0v) is 10.8. The van der Waals surface area contributed by atoms with Crippen molar-refractivity contribution in [3.8, 4) is 0 Å². The summed E-state index contributed by atoms with van der Waals surface area (Å²) in [6.45, 7) is 1.86. The van der Waals surface area contributed by atoms with Gasteiger partial charge in [-0.05, 0) is 19.8 Å². The molecule has 1 aromatic heterocycles. The highest BCUT2D eigenvalue weighted by Gasteiger charge is 2.23. The third kappa shape index (κ3) is 3.08. The van der Waals surface area contributed by atoms with E-state index in [-0.39, 0.29) is 11.2 Å². The molecule has 0 aromatic carbocycles. The molecular weight excluding hydrogens is 244 g/mol. The van der Waals surface area contributed by atoms with Crippen molar-refractivity contribution >= 4 is 34.1 Å². The summed E-state index contributed by atoms with van der Waals surface area (Å²) < 4.78 is 0.833. The first-order chi connectivity index (χ1) is 7.69. The van der Waals surface area contributed by atoms with Crippen molar-refractivity contribution in [1.82, 2.24) is 15.5 Å². The van der Waals surface area contributed by atoms with Crippen molar-refractivity contribution in [2.24, 2.45) is 0 Å². The molecule has 2 N–H and O–H groups in total. The molecule has 0 saturated heterocycles. The average molecular weight is 258 g/mol. The van der Waals surface area contributed by atoms with Crippen molar-refractivity contribution < 1.29 is 4.79 Å². The maximum absolute atomic E-state index is 11.3. The van der Waals surface area contributed by atoms with Crippen molar-refractivity contribution in [2.45, 2.75) is 35.4 Å². The lowest BCUT2D eigenvalue weighted by atomic mass is 10.4. The van der Waals surface area contributed by atoms with Crippen molar-refractivity contribution in [3.63, 3.8) is 0 Å². The molecule has 1 aliphatic carbocycles. The zero-order valence-electron chi connectivity index (χ0n) is 9.19. The van der Waals surface area contributed by atoms with E-state index in [1.807, 2.05) is 6.92 Å². The van der Waals surface area contributed by atoms with Crippen LogP contribution in [0.15, 0.2) is 4.34 Å². The molecular formula is C9H14N4OS2. The first-order valence-corrected chi connectivity index (χ1v) is 6.87. The molecule has 1 amide bonds. The molecule has 0 bridgehead atoms. The third-order valence-electron chi connectivity index (χ3n) is 2.20. The summed E-state index contributed by atoms with van der Waals surface area (Å²) in [4.78, 5) is 11.3. The monoisotopic (exact) mass is 258 g/mol. The molecule has 88 valence electrons. The molecule has 1 heterocycles. The minimum Gasteiger partial charge on any atom is -0.358 e. The van der Waals surface area contributed by atoms with E-state index in [4.69, 9.17) is 0 Å². The van der Waals surface area contributed by atoms with Gasteiger partial charge in [0.05, 0.1) is 5.25 Å². The molecule has 0 radical (unpaired) electrons. The van der Waals surface area contributed by atoms with Crippen LogP contribution in [0.5, 0.6) is 0 Å². The Bertz CT molecular complexity index is 377. The highest BCUT2D eigenvalue weighted by molar-refractivity contribution is 8.02. The van der Waals surface area contributed by atoms with E-state index in [9.17, 15) is 4.79 Å². The highest BCUT2D eigenvalue weighted by atomic mass is 32.2. The van der Waals surface area contributed by atoms with Gasteiger partial charge in [-0.15, -0.1) is 10.2 Å². The Hall–Kier alpha value is -0.820. The van der Waals surface area contributed by atoms with E-state index in [1.165, 1.54) is 35.9 Å². The molecule has 1 aliphatic rings. The molecule has 1 atom stereocenters. The molecule has 1 fully saturated rings. The van der Waals surface area contributed by atoms with Gasteiger partial charge < -0.3 is 10.6 Å². The van der Waals surface area contributed by atoms with Crippen LogP contribution >= 0.6 is 23.1 Å². The first-order valence-electron chi connectivity index (χ1n) is 5.17. The molecule has 1 aromatic rings. The minimum atomic E-state index is -0.133. The van der Waals surface area contributed by atoms with Crippen LogP contribution in [0.4, 0.5) is 5.13 Å². The second kappa shape index (κ2) is 5.01. The molecule has 0 spiro atoms. The molecule has 16 heavy (non-hydrogen) atoms. The maximum atomic E-state index is 11.3. The summed E-state index contributed by atoms with van der Waals surface area (Å²) in [5.74, 6) is 0.0110. The van der Waals surface area contributed by atoms with Gasteiger partial charge in [0, 0.05) is 13.1 Å². The SMILES string of the molecule is CNC(=O)[C@H](C)Sc1nnc(NC2CC2)s1. The fourth-order valence-corrected chi connectivity index (χ4v) is 3.16. The number of anilines is 1. The summed E-state index contributed by atoms with van der Waals surface area (Å²) in [5, 5.41) is 14.7. The summed E-state index contributed by atoms with van der Waals surface area (Å²) in [7, 11) is 1.64. The van der Waals surface area contributed by atoms with E-state index in [2.05, 4.69) is 20.8 Å². The molecule has 0 aliphatic heterocycles. The lowest BCUT2D eigenvalue weighted by molar-refractivity contribution is -0.119. The molecule has 2 rings (SSSR count). The van der Waals surface area contributed by atoms with E-state index in [0.29, 0.717) is 6.04 Å². The third-order valence-corrected chi connectivity index (χ3v) is 4.24. The van der Waals surface area contributed by atoms with Crippen LogP contribution < -0.4 is 10.6 Å². The predicted molar refractivity (Wildman–Crippen MR) is 65.9 cm³/mol. The Morgan fingerprint density at radius 3 is 2.94 bits per heavy atom. The fourth-order valence-electron chi connectivity index (χ4n) is 1.13. The van der Waals surface area contributed by atoms with E-state index in [1.54, 1.807) is 7.05 Å². The number of aromatic nitrogens is 2. The zero-order chi connectivity index (χ0) is 11.5. The number of amides is 1. The van der Waals surface area contributed by atoms with E-state index >= 15 is 0 Å². The van der Waals surface area contributed by atoms with Crippen LogP contribution in [0.25, 0.3) is 0 Å². The lowest BCUT2D eigenvalue weighted by Gasteiger charge is -2.05. The average Bonchev–Trinajstić information content (AvgIpc) is 2.97. The Labute approximate surface area is 102 Å². The van der Waals surface area contributed by atoms with Crippen LogP contribution in [-0.4, -0.2) is 34.4 Å². The smallest absolute Gasteiger partial charge is 0.233 e. The quantitative estimate of drug-likeness (QED) is 0.780. The fraction of sp³-hybridized carbons (Fsp3) is 0.667. The van der Waals surface area contributed by atoms with E-state index in [0.717, 1.165) is 9.47 Å². The Morgan fingerprint density at radius 2 is 2.31 bits per heavy atom. The molecule has 7 heteroatoms. The number of carbonyl (C=O) groups is 1. The van der Waals surface area contributed by atoms with Gasteiger partial charge >= 0.3 is 0 Å². The lowest BCUT2D eigenvalue weighted by Crippen LogP contribution is -2.27. The summed E-state index contributed by atoms with van der Waals surface area (Å²) in [6, 6.07) is 0.585. The summed E-state index contributed by atoms with van der Waals surface area (Å²) in [6.07, 6.45) is 2.44. The number of nitrogens with one attached hydrogen (secondary N) is 2. The normalized spacial score (nSPS) is 16.9. The summed E-state index contributed by atoms with van der Waals surface area (Å²) in [5.41, 5.74) is 0. The minimum absolute atomic E-state index is 0.0110. The van der Waals surface area contributed by atoms with Gasteiger partial charge in [0.2, 0.25) is 11.0 Å². The van der Waals surface area contributed by atoms with Gasteiger partial charge in [-0.3, -0.25) is 4.79 Å². The predicted octanol–water partition coefficient (Wildman–Crippen LogP) is 1.34. The van der Waals surface area contributed by atoms with Crippen LogP contribution in [0.2, 0.25) is 0 Å². The van der Waals surface area contributed by atoms with E-state index < -0.39 is 0 Å². The van der Waals surface area contributed by atoms with Gasteiger partial charge in [0.25, 0.3) is 0 Å². The van der Waals surface area contributed by atoms with Crippen LogP contribution in [0.1, 0.15) is 19.8 Å². The van der Waals surface area contributed by atoms with Gasteiger partial charge in [0.15, 0.2) is 4.34 Å². The standard InChI is InChI=1S/C9H14N4OS2/c1-5(7(14)10-2)15-9-13-12-8(16-9)11-6-3-4-6/h5-6H,3-4H2,1-2H3,(H,10,14)(H,11,12)/t5-/m0/s1. The largest absolute Gasteiger partial charge is 0.358 e. The highest BCUT2D eigenvalue weighted by Crippen LogP contribution is 2.31. The second-order valence-corrected chi connectivity index (χ2v) is 6.23. The molecule has 1 saturated carbocycles. The number of carbonyl (C=O) groups excluding carboxylic acids is 1. The van der Waals surface area contributed by atoms with Crippen LogP contribution in [0.3, 0.4) is 0 Å². The first kappa shape index (κ1) is 11.7. The van der Waals surface area contributed by atoms with Crippen molar-refractivity contribution in [3.05, 3.63) is 0 Å². The Balaban J connectivity index is 1.88. The van der Waals surface area contributed by atoms with Gasteiger partial charge in [-0.25, -0.2) is 0 Å². The maximum Gasteiger partial charge on any atom is 0.233 e. The Morgan fingerprint density at radius 1 is 1.56 bits per heavy atom. The Kier molecular flexibility index (Phi) is 3.65. The number of hydrogen-bond donors (Lipinski definition) is 2. The van der Waals surface area contributed by atoms with Crippen molar-refractivity contribution in [2.75, 3.05) is 12.4 Å². The van der Waals surface area contributed by atoms with Gasteiger partial charge in [0.1, 0.15) is 0 Å². The number of hydrogen-bond acceptors (Lipinski definition) is 6. The second-order valence-electron chi connectivity index (χ2n) is 3.67. The van der Waals surface area contributed by atoms with Crippen molar-refractivity contribution in [1.29, 1.82) is 0 Å². The molecule has 5 nitrogen and oxygen atoms in total. The molecule has 0 unspecified atom stereocenters. The van der Waals surface area contributed by atoms with Gasteiger partial charge in [-0.1, -0.05) is 23.1 Å². The van der Waals surface area contributed by atoms with Gasteiger partial charge in [-0.2, -0.15) is 0 Å². The number of rotatable bonds is 5. The van der Waals surface area contributed by atoms with Crippen LogP contribution in [-0.2, 0) is 4.79 Å². The topological polar surface area (TPSA) is 66.9 Å². The summed E-state index contributed by atoms with van der Waals surface area (Å²) >= 11 is 2.94. The number of nitrogens with zero attached hydrogens (tertiary/aromatic N) is 2. The number of thioether (sulfide) groups is 1.